The second-order valence-electron chi connectivity index (χ2n) is 10.1. The number of carboxylic acid groups (broad SMARTS) is 1. The Kier molecular flexibility index (Phi) is 7.15. The number of benzene rings is 3. The van der Waals surface area contributed by atoms with E-state index in [1.54, 1.807) is 24.3 Å². The van der Waals surface area contributed by atoms with E-state index in [-0.39, 0.29) is 16.9 Å². The maximum atomic E-state index is 15.4. The number of nitrogens with one attached hydrogen (secondary N) is 1. The Labute approximate surface area is 225 Å². The zero-order valence-corrected chi connectivity index (χ0v) is 21.6. The first-order valence-corrected chi connectivity index (χ1v) is 13.0. The molecule has 1 saturated carbocycles. The summed E-state index contributed by atoms with van der Waals surface area (Å²) in [4.78, 5) is 38.1. The number of aromatic nitrogens is 1. The number of aliphatic carboxylic acids is 1. The quantitative estimate of drug-likeness (QED) is 0.270. The first kappa shape index (κ1) is 26.1. The van der Waals surface area contributed by atoms with Gasteiger partial charge in [0.2, 0.25) is 5.78 Å². The standard InChI is InChI=1S/C32H29FN2O4/c1-21-13-15-23(16-14-21)29(36)27-20-24-8-2-3-12-26(24)35(27)19-7-10-22-9-6-11-25(28(22)33)30(37)34-32(31(38)39)17-4-5-18-32/h2-3,6-16,20H,4-5,17-19H2,1H3,(H,34,37)(H,38,39)/b10-7+. The highest BCUT2D eigenvalue weighted by Crippen LogP contribution is 2.31. The number of nitrogens with zero attached hydrogens (tertiary/aromatic N) is 1. The molecule has 0 bridgehead atoms. The van der Waals surface area contributed by atoms with Crippen molar-refractivity contribution in [1.82, 2.24) is 9.88 Å². The Morgan fingerprint density at radius 1 is 1.00 bits per heavy atom. The van der Waals surface area contributed by atoms with Crippen molar-refractivity contribution >= 4 is 34.6 Å². The normalized spacial score (nSPS) is 14.6. The number of ketones is 1. The molecule has 4 aromatic rings. The third kappa shape index (κ3) is 5.12. The Hall–Kier alpha value is -4.52. The molecule has 0 aliphatic heterocycles. The number of allylic oxidation sites excluding steroid dienone is 1. The second kappa shape index (κ2) is 10.7. The number of fused-ring (bicyclic) bond motifs is 1. The summed E-state index contributed by atoms with van der Waals surface area (Å²) < 4.78 is 17.3. The summed E-state index contributed by atoms with van der Waals surface area (Å²) >= 11 is 0. The number of hydrogen-bond donors (Lipinski definition) is 2. The van der Waals surface area contributed by atoms with E-state index in [0.717, 1.165) is 16.5 Å². The maximum absolute atomic E-state index is 15.4. The lowest BCUT2D eigenvalue weighted by molar-refractivity contribution is -0.144. The van der Waals surface area contributed by atoms with Crippen molar-refractivity contribution in [2.75, 3.05) is 0 Å². The molecular weight excluding hydrogens is 495 g/mol. The fourth-order valence-corrected chi connectivity index (χ4v) is 5.24. The molecule has 7 heteroatoms. The van der Waals surface area contributed by atoms with Gasteiger partial charge < -0.3 is 15.0 Å². The van der Waals surface area contributed by atoms with Crippen LogP contribution < -0.4 is 5.32 Å². The van der Waals surface area contributed by atoms with E-state index in [4.69, 9.17) is 0 Å². The summed E-state index contributed by atoms with van der Waals surface area (Å²) in [5.74, 6) is -2.67. The number of carbonyl (C=O) groups is 3. The van der Waals surface area contributed by atoms with Gasteiger partial charge in [0.05, 0.1) is 11.3 Å². The van der Waals surface area contributed by atoms with Crippen LogP contribution >= 0.6 is 0 Å². The third-order valence-corrected chi connectivity index (χ3v) is 7.43. The molecule has 1 heterocycles. The topological polar surface area (TPSA) is 88.4 Å². The molecule has 0 saturated heterocycles. The number of rotatable bonds is 8. The predicted molar refractivity (Wildman–Crippen MR) is 148 cm³/mol. The van der Waals surface area contributed by atoms with Crippen LogP contribution in [0.5, 0.6) is 0 Å². The van der Waals surface area contributed by atoms with Gasteiger partial charge in [-0.3, -0.25) is 9.59 Å². The van der Waals surface area contributed by atoms with Crippen LogP contribution in [-0.4, -0.2) is 32.9 Å². The van der Waals surface area contributed by atoms with Crippen molar-refractivity contribution < 1.29 is 23.9 Å². The van der Waals surface area contributed by atoms with Crippen molar-refractivity contribution in [3.05, 3.63) is 113 Å². The minimum Gasteiger partial charge on any atom is -0.480 e. The monoisotopic (exact) mass is 524 g/mol. The molecule has 1 aromatic heterocycles. The number of halogens is 1. The predicted octanol–water partition coefficient (Wildman–Crippen LogP) is 6.16. The summed E-state index contributed by atoms with van der Waals surface area (Å²) in [5.41, 5.74) is 1.68. The molecule has 0 atom stereocenters. The summed E-state index contributed by atoms with van der Waals surface area (Å²) in [6.07, 6.45) is 5.35. The van der Waals surface area contributed by atoms with Crippen molar-refractivity contribution in [3.63, 3.8) is 0 Å². The van der Waals surface area contributed by atoms with E-state index >= 15 is 4.39 Å². The molecule has 1 fully saturated rings. The van der Waals surface area contributed by atoms with Crippen molar-refractivity contribution in [2.24, 2.45) is 0 Å². The van der Waals surface area contributed by atoms with Gasteiger partial charge in [-0.2, -0.15) is 0 Å². The first-order valence-electron chi connectivity index (χ1n) is 13.0. The Morgan fingerprint density at radius 3 is 2.44 bits per heavy atom. The highest BCUT2D eigenvalue weighted by Gasteiger charge is 2.43. The number of carboxylic acids is 1. The van der Waals surface area contributed by atoms with Gasteiger partial charge in [-0.1, -0.05) is 85.2 Å². The molecule has 39 heavy (non-hydrogen) atoms. The molecule has 0 radical (unpaired) electrons. The molecule has 198 valence electrons. The molecule has 1 aliphatic rings. The van der Waals surface area contributed by atoms with Crippen molar-refractivity contribution in [1.29, 1.82) is 0 Å². The van der Waals surface area contributed by atoms with Crippen molar-refractivity contribution in [2.45, 2.75) is 44.7 Å². The molecule has 3 aromatic carbocycles. The van der Waals surface area contributed by atoms with Gasteiger partial charge in [-0.15, -0.1) is 0 Å². The minimum absolute atomic E-state index is 0.108. The maximum Gasteiger partial charge on any atom is 0.329 e. The third-order valence-electron chi connectivity index (χ3n) is 7.43. The largest absolute Gasteiger partial charge is 0.480 e. The molecular formula is C32H29FN2O4. The number of hydrogen-bond acceptors (Lipinski definition) is 3. The summed E-state index contributed by atoms with van der Waals surface area (Å²) in [6, 6.07) is 21.4. The molecule has 2 N–H and O–H groups in total. The SMILES string of the molecule is Cc1ccc(C(=O)c2cc3ccccc3n2C/C=C/c2cccc(C(=O)NC3(C(=O)O)CCCC3)c2F)cc1. The number of para-hydroxylation sites is 1. The van der Waals surface area contributed by atoms with Gasteiger partial charge in [-0.05, 0) is 38.0 Å². The van der Waals surface area contributed by atoms with Crippen LogP contribution in [0.15, 0.2) is 78.9 Å². The van der Waals surface area contributed by atoms with Crippen LogP contribution in [0, 0.1) is 12.7 Å². The first-order chi connectivity index (χ1) is 18.8. The fraction of sp³-hybridized carbons (Fsp3) is 0.219. The van der Waals surface area contributed by atoms with Gasteiger partial charge in [0.1, 0.15) is 11.4 Å². The van der Waals surface area contributed by atoms with Crippen LogP contribution in [-0.2, 0) is 11.3 Å². The van der Waals surface area contributed by atoms with Crippen LogP contribution in [0.3, 0.4) is 0 Å². The highest BCUT2D eigenvalue weighted by molar-refractivity contribution is 6.10. The van der Waals surface area contributed by atoms with Gasteiger partial charge in [0.15, 0.2) is 0 Å². The molecule has 0 spiro atoms. The van der Waals surface area contributed by atoms with E-state index in [9.17, 15) is 19.5 Å². The van der Waals surface area contributed by atoms with E-state index in [1.807, 2.05) is 66.1 Å². The van der Waals surface area contributed by atoms with E-state index in [1.165, 1.54) is 6.07 Å². The van der Waals surface area contributed by atoms with Gasteiger partial charge in [-0.25, -0.2) is 9.18 Å². The zero-order chi connectivity index (χ0) is 27.6. The van der Waals surface area contributed by atoms with Crippen LogP contribution in [0.25, 0.3) is 17.0 Å². The van der Waals surface area contributed by atoms with E-state index in [2.05, 4.69) is 5.32 Å². The lowest BCUT2D eigenvalue weighted by Gasteiger charge is -2.25. The minimum atomic E-state index is -1.36. The lowest BCUT2D eigenvalue weighted by Crippen LogP contribution is -2.52. The average Bonchev–Trinajstić information content (AvgIpc) is 3.55. The molecule has 1 aliphatic carbocycles. The summed E-state index contributed by atoms with van der Waals surface area (Å²) in [7, 11) is 0. The highest BCUT2D eigenvalue weighted by atomic mass is 19.1. The molecule has 0 unspecified atom stereocenters. The Balaban J connectivity index is 1.41. The molecule has 1 amide bonds. The Morgan fingerprint density at radius 2 is 1.72 bits per heavy atom. The van der Waals surface area contributed by atoms with Gasteiger partial charge >= 0.3 is 5.97 Å². The Bertz CT molecular complexity index is 1590. The number of carbonyl (C=O) groups excluding carboxylic acids is 2. The molecule has 5 rings (SSSR count). The smallest absolute Gasteiger partial charge is 0.329 e. The number of aryl methyl sites for hydroxylation is 1. The van der Waals surface area contributed by atoms with E-state index in [0.29, 0.717) is 43.5 Å². The lowest BCUT2D eigenvalue weighted by atomic mass is 9.97. The molecule has 6 nitrogen and oxygen atoms in total. The average molecular weight is 525 g/mol. The van der Waals surface area contributed by atoms with Crippen LogP contribution in [0.1, 0.15) is 63.2 Å². The van der Waals surface area contributed by atoms with Gasteiger partial charge in [0, 0.05) is 28.6 Å². The number of amides is 1. The second-order valence-corrected chi connectivity index (χ2v) is 10.1. The fourth-order valence-electron chi connectivity index (χ4n) is 5.24. The van der Waals surface area contributed by atoms with Crippen LogP contribution in [0.2, 0.25) is 0 Å². The van der Waals surface area contributed by atoms with E-state index < -0.39 is 23.2 Å². The zero-order valence-electron chi connectivity index (χ0n) is 21.6. The summed E-state index contributed by atoms with van der Waals surface area (Å²) in [5, 5.41) is 13.2. The van der Waals surface area contributed by atoms with Gasteiger partial charge in [0.25, 0.3) is 5.91 Å². The van der Waals surface area contributed by atoms with Crippen LogP contribution in [0.4, 0.5) is 4.39 Å². The van der Waals surface area contributed by atoms with Crippen molar-refractivity contribution in [3.8, 4) is 0 Å². The summed E-state index contributed by atoms with van der Waals surface area (Å²) in [6.45, 7) is 2.27.